The van der Waals surface area contributed by atoms with Gasteiger partial charge in [0, 0.05) is 5.38 Å². The lowest BCUT2D eigenvalue weighted by Gasteiger charge is -2.06. The van der Waals surface area contributed by atoms with Crippen molar-refractivity contribution < 1.29 is 24.6 Å². The van der Waals surface area contributed by atoms with E-state index in [1.165, 1.54) is 5.38 Å². The average Bonchev–Trinajstić information content (AvgIpc) is 2.65. The van der Waals surface area contributed by atoms with E-state index in [0.29, 0.717) is 0 Å². The third kappa shape index (κ3) is 3.70. The maximum atomic E-state index is 11.2. The summed E-state index contributed by atoms with van der Waals surface area (Å²) in [4.78, 5) is 25.7. The van der Waals surface area contributed by atoms with Gasteiger partial charge in [0.15, 0.2) is 5.13 Å². The molecule has 18 heavy (non-hydrogen) atoms. The molecule has 0 saturated carbocycles. The molecule has 0 aliphatic heterocycles. The average molecular weight is 273 g/mol. The molecule has 1 heterocycles. The molecule has 0 fully saturated rings. The molecule has 3 N–H and O–H groups in total. The van der Waals surface area contributed by atoms with E-state index in [1.807, 2.05) is 0 Å². The van der Waals surface area contributed by atoms with Crippen molar-refractivity contribution in [2.45, 2.75) is 20.0 Å². The number of aromatic nitrogens is 1. The van der Waals surface area contributed by atoms with Gasteiger partial charge in [-0.25, -0.2) is 14.6 Å². The molecule has 0 radical (unpaired) electrons. The first-order chi connectivity index (χ1) is 8.43. The lowest BCUT2D eigenvalue weighted by atomic mass is 10.3. The third-order valence-corrected chi connectivity index (χ3v) is 2.36. The lowest BCUT2D eigenvalue weighted by Crippen LogP contribution is -2.18. The van der Waals surface area contributed by atoms with Gasteiger partial charge in [0.05, 0.1) is 6.10 Å². The quantitative estimate of drug-likeness (QED) is 0.432. The number of nitrogens with one attached hydrogen (secondary N) is 1. The van der Waals surface area contributed by atoms with Crippen molar-refractivity contribution in [1.82, 2.24) is 4.98 Å². The van der Waals surface area contributed by atoms with E-state index in [4.69, 9.17) is 15.1 Å². The molecule has 0 aliphatic rings. The summed E-state index contributed by atoms with van der Waals surface area (Å²) in [5, 5.41) is 23.7. The number of anilines is 1. The highest BCUT2D eigenvalue weighted by Crippen LogP contribution is 2.16. The highest BCUT2D eigenvalue weighted by Gasteiger charge is 2.18. The van der Waals surface area contributed by atoms with Crippen LogP contribution in [0.3, 0.4) is 0 Å². The van der Waals surface area contributed by atoms with Crippen LogP contribution in [-0.4, -0.2) is 39.2 Å². The largest absolute Gasteiger partial charge is 0.476 e. The first-order valence-electron chi connectivity index (χ1n) is 4.83. The minimum absolute atomic E-state index is 0.0464. The van der Waals surface area contributed by atoms with Crippen LogP contribution in [0.1, 0.15) is 19.5 Å². The summed E-state index contributed by atoms with van der Waals surface area (Å²) in [7, 11) is 0. The van der Waals surface area contributed by atoms with Crippen molar-refractivity contribution >= 4 is 34.2 Å². The van der Waals surface area contributed by atoms with E-state index in [2.05, 4.69) is 15.5 Å². The molecule has 0 aliphatic carbocycles. The highest BCUT2D eigenvalue weighted by molar-refractivity contribution is 7.14. The number of ether oxygens (including phenoxy) is 1. The second kappa shape index (κ2) is 5.96. The highest BCUT2D eigenvalue weighted by atomic mass is 32.1. The van der Waals surface area contributed by atoms with Crippen molar-refractivity contribution in [2.24, 2.45) is 5.16 Å². The molecule has 0 bridgehead atoms. The minimum atomic E-state index is -1.42. The molecule has 0 atom stereocenters. The van der Waals surface area contributed by atoms with Crippen molar-refractivity contribution in [3.63, 3.8) is 0 Å². The number of oxime groups is 1. The smallest absolute Gasteiger partial charge is 0.413 e. The normalized spacial score (nSPS) is 11.4. The van der Waals surface area contributed by atoms with Gasteiger partial charge in [0.1, 0.15) is 5.69 Å². The molecule has 1 aromatic rings. The first-order valence-corrected chi connectivity index (χ1v) is 5.71. The Bertz CT molecular complexity index is 482. The van der Waals surface area contributed by atoms with Gasteiger partial charge in [0.25, 0.3) is 0 Å². The van der Waals surface area contributed by atoms with Crippen LogP contribution < -0.4 is 5.32 Å². The summed E-state index contributed by atoms with van der Waals surface area (Å²) in [6.45, 7) is 3.38. The van der Waals surface area contributed by atoms with Crippen molar-refractivity contribution in [3.8, 4) is 0 Å². The van der Waals surface area contributed by atoms with E-state index in [9.17, 15) is 9.59 Å². The van der Waals surface area contributed by atoms with E-state index >= 15 is 0 Å². The Morgan fingerprint density at radius 1 is 1.56 bits per heavy atom. The van der Waals surface area contributed by atoms with Crippen LogP contribution >= 0.6 is 11.3 Å². The first kappa shape index (κ1) is 13.9. The number of aliphatic carboxylic acids is 1. The molecule has 1 aromatic heterocycles. The lowest BCUT2D eigenvalue weighted by molar-refractivity contribution is -0.129. The number of carboxylic acid groups (broad SMARTS) is 1. The van der Waals surface area contributed by atoms with Crippen LogP contribution in [0.25, 0.3) is 0 Å². The Kier molecular flexibility index (Phi) is 4.60. The maximum absolute atomic E-state index is 11.2. The molecular weight excluding hydrogens is 262 g/mol. The minimum Gasteiger partial charge on any atom is -0.476 e. The molecule has 1 amide bonds. The number of rotatable bonds is 4. The summed E-state index contributed by atoms with van der Waals surface area (Å²) < 4.78 is 4.82. The van der Waals surface area contributed by atoms with Gasteiger partial charge in [0.2, 0.25) is 5.71 Å². The van der Waals surface area contributed by atoms with Gasteiger partial charge < -0.3 is 15.1 Å². The fraction of sp³-hybridized carbons (Fsp3) is 0.333. The van der Waals surface area contributed by atoms with E-state index in [0.717, 1.165) is 11.3 Å². The number of amides is 1. The predicted octanol–water partition coefficient (Wildman–Crippen LogP) is 1.36. The Hall–Kier alpha value is -2.16. The maximum Gasteiger partial charge on any atom is 0.413 e. The zero-order chi connectivity index (χ0) is 13.7. The molecule has 0 saturated heterocycles. The number of thiazole rings is 1. The zero-order valence-electron chi connectivity index (χ0n) is 9.58. The van der Waals surface area contributed by atoms with Crippen molar-refractivity contribution in [2.75, 3.05) is 5.32 Å². The van der Waals surface area contributed by atoms with E-state index < -0.39 is 17.8 Å². The fourth-order valence-corrected chi connectivity index (χ4v) is 1.66. The van der Waals surface area contributed by atoms with Crippen molar-refractivity contribution in [3.05, 3.63) is 11.1 Å². The van der Waals surface area contributed by atoms with Gasteiger partial charge in [-0.3, -0.25) is 5.32 Å². The van der Waals surface area contributed by atoms with E-state index in [-0.39, 0.29) is 16.9 Å². The molecule has 8 nitrogen and oxygen atoms in total. The Balaban J connectivity index is 2.75. The monoisotopic (exact) mass is 273 g/mol. The number of hydrogen-bond acceptors (Lipinski definition) is 7. The summed E-state index contributed by atoms with van der Waals surface area (Å²) in [5.41, 5.74) is -0.647. The van der Waals surface area contributed by atoms with Crippen LogP contribution in [0.5, 0.6) is 0 Å². The van der Waals surface area contributed by atoms with E-state index in [1.54, 1.807) is 13.8 Å². The summed E-state index contributed by atoms with van der Waals surface area (Å²) in [6.07, 6.45) is -0.971. The number of nitrogens with zero attached hydrogens (tertiary/aromatic N) is 2. The number of carbonyl (C=O) groups excluding carboxylic acids is 1. The van der Waals surface area contributed by atoms with Crippen LogP contribution in [0, 0.1) is 0 Å². The Morgan fingerprint density at radius 2 is 2.22 bits per heavy atom. The predicted molar refractivity (Wildman–Crippen MR) is 63.3 cm³/mol. The second-order valence-electron chi connectivity index (χ2n) is 3.37. The summed E-state index contributed by atoms with van der Waals surface area (Å²) in [5.74, 6) is -1.42. The van der Waals surface area contributed by atoms with Gasteiger partial charge in [-0.2, -0.15) is 0 Å². The van der Waals surface area contributed by atoms with Gasteiger partial charge in [-0.1, -0.05) is 5.16 Å². The summed E-state index contributed by atoms with van der Waals surface area (Å²) >= 11 is 0.988. The second-order valence-corrected chi connectivity index (χ2v) is 4.23. The van der Waals surface area contributed by atoms with Crippen LogP contribution in [-0.2, 0) is 9.53 Å². The fourth-order valence-electron chi connectivity index (χ4n) is 0.974. The van der Waals surface area contributed by atoms with Gasteiger partial charge >= 0.3 is 12.1 Å². The molecule has 1 rings (SSSR count). The molecule has 0 spiro atoms. The topological polar surface area (TPSA) is 121 Å². The molecular formula is C9H11N3O5S. The molecule has 0 aromatic carbocycles. The van der Waals surface area contributed by atoms with Gasteiger partial charge in [-0.15, -0.1) is 11.3 Å². The standard InChI is InChI=1S/C9H11N3O5S/c1-4(2)17-9(15)11-8-10-5(3-18-8)6(12-16)7(13)14/h3-4,16H,1-2H3,(H,13,14)(H,10,11,15). The van der Waals surface area contributed by atoms with Gasteiger partial charge in [-0.05, 0) is 13.8 Å². The Labute approximate surface area is 106 Å². The number of hydrogen-bond donors (Lipinski definition) is 3. The van der Waals surface area contributed by atoms with Crippen LogP contribution in [0.4, 0.5) is 9.93 Å². The molecule has 0 unspecified atom stereocenters. The Morgan fingerprint density at radius 3 is 2.72 bits per heavy atom. The number of carboxylic acids is 1. The summed E-state index contributed by atoms with van der Waals surface area (Å²) in [6, 6.07) is 0. The third-order valence-electron chi connectivity index (χ3n) is 1.60. The van der Waals surface area contributed by atoms with Crippen molar-refractivity contribution in [1.29, 1.82) is 0 Å². The SMILES string of the molecule is CC(C)OC(=O)Nc1nc(C(=NO)C(=O)O)cs1. The number of carbonyl (C=O) groups is 2. The molecule has 9 heteroatoms. The van der Waals surface area contributed by atoms with Crippen LogP contribution in [0.15, 0.2) is 10.5 Å². The zero-order valence-corrected chi connectivity index (χ0v) is 10.4. The molecule has 98 valence electrons. The van der Waals surface area contributed by atoms with Crippen LogP contribution in [0.2, 0.25) is 0 Å².